The summed E-state index contributed by atoms with van der Waals surface area (Å²) in [5, 5.41) is 17.6. The summed E-state index contributed by atoms with van der Waals surface area (Å²) in [7, 11) is -4.40. The summed E-state index contributed by atoms with van der Waals surface area (Å²) in [6.07, 6.45) is 1.31. The van der Waals surface area contributed by atoms with E-state index in [1.165, 1.54) is 6.20 Å². The van der Waals surface area contributed by atoms with Crippen molar-refractivity contribution in [2.24, 2.45) is 5.73 Å². The molecule has 0 radical (unpaired) electrons. The van der Waals surface area contributed by atoms with Gasteiger partial charge < -0.3 is 11.1 Å². The summed E-state index contributed by atoms with van der Waals surface area (Å²) in [4.78, 5) is 10.6. The second kappa shape index (κ2) is 9.34. The van der Waals surface area contributed by atoms with Crippen LogP contribution in [0.4, 0.5) is 5.69 Å². The molecule has 0 amide bonds. The number of phosphoric ester groups is 1. The van der Waals surface area contributed by atoms with Crippen LogP contribution < -0.4 is 15.7 Å². The fraction of sp³-hybridized carbons (Fsp3) is 0.0625. The number of aromatic nitrogens is 3. The van der Waals surface area contributed by atoms with E-state index in [1.54, 1.807) is 48.5 Å². The lowest BCUT2D eigenvalue weighted by atomic mass is 10.1. The van der Waals surface area contributed by atoms with Crippen LogP contribution in [0, 0.1) is 5.41 Å². The first kappa shape index (κ1) is 21.4. The molecule has 10 nitrogen and oxygen atoms in total. The number of benzene rings is 2. The minimum absolute atomic E-state index is 0. The third-order valence-corrected chi connectivity index (χ3v) is 4.20. The Morgan fingerprint density at radius 1 is 1.21 bits per heavy atom. The summed E-state index contributed by atoms with van der Waals surface area (Å²) in [6.45, 7) is -0.0957. The molecule has 3 rings (SSSR count). The van der Waals surface area contributed by atoms with Crippen LogP contribution in [0.15, 0.2) is 60.8 Å². The SMILES string of the molecule is Cl.N=C(N)Nc1ccccc1-c1cn(OP(=O)(O)OCc2ccccc2)nn1. The largest absolute Gasteiger partial charge is 0.548 e. The highest BCUT2D eigenvalue weighted by Crippen LogP contribution is 2.40. The number of nitrogens with two attached hydrogens (primary N) is 1. The molecule has 28 heavy (non-hydrogen) atoms. The fourth-order valence-electron chi connectivity index (χ4n) is 2.23. The Morgan fingerprint density at radius 2 is 1.89 bits per heavy atom. The van der Waals surface area contributed by atoms with Gasteiger partial charge in [0.05, 0.1) is 18.5 Å². The van der Waals surface area contributed by atoms with E-state index in [4.69, 9.17) is 20.3 Å². The number of guanidine groups is 1. The van der Waals surface area contributed by atoms with Gasteiger partial charge in [0.2, 0.25) is 0 Å². The summed E-state index contributed by atoms with van der Waals surface area (Å²) in [5.41, 5.74) is 7.55. The van der Waals surface area contributed by atoms with Crippen molar-refractivity contribution in [3.05, 3.63) is 66.4 Å². The standard InChI is InChI=1S/C16H17N6O4P.ClH/c17-16(18)19-14-9-5-4-8-13(14)15-10-22(21-20-15)26-27(23,24)25-11-12-6-2-1-3-7-12;/h1-10H,11H2,(H,23,24)(H4,17,18,19);1H. The number of nitrogens with zero attached hydrogens (tertiary/aromatic N) is 3. The van der Waals surface area contributed by atoms with E-state index >= 15 is 0 Å². The van der Waals surface area contributed by atoms with Gasteiger partial charge in [-0.2, -0.15) is 0 Å². The molecule has 148 valence electrons. The minimum Gasteiger partial charge on any atom is -0.370 e. The first-order chi connectivity index (χ1) is 12.9. The molecule has 1 aromatic heterocycles. The van der Waals surface area contributed by atoms with Crippen molar-refractivity contribution in [2.45, 2.75) is 6.61 Å². The van der Waals surface area contributed by atoms with E-state index in [9.17, 15) is 9.46 Å². The van der Waals surface area contributed by atoms with Crippen LogP contribution in [0.2, 0.25) is 0 Å². The molecule has 5 N–H and O–H groups in total. The maximum Gasteiger partial charge on any atom is 0.548 e. The van der Waals surface area contributed by atoms with Crippen molar-refractivity contribution in [2.75, 3.05) is 5.32 Å². The zero-order valence-corrected chi connectivity index (χ0v) is 16.1. The Hall–Kier alpha value is -2.91. The monoisotopic (exact) mass is 424 g/mol. The van der Waals surface area contributed by atoms with Crippen molar-refractivity contribution < 1.29 is 18.6 Å². The molecule has 0 spiro atoms. The predicted molar refractivity (Wildman–Crippen MR) is 106 cm³/mol. The lowest BCUT2D eigenvalue weighted by molar-refractivity contribution is 0.114. The van der Waals surface area contributed by atoms with Gasteiger partial charge in [-0.1, -0.05) is 53.4 Å². The van der Waals surface area contributed by atoms with Crippen LogP contribution in [0.3, 0.4) is 0 Å². The maximum atomic E-state index is 12.1. The lowest BCUT2D eigenvalue weighted by Crippen LogP contribution is -2.20. The molecule has 1 atom stereocenters. The fourth-order valence-corrected chi connectivity index (χ4v) is 2.88. The molecule has 0 bridgehead atoms. The summed E-state index contributed by atoms with van der Waals surface area (Å²) >= 11 is 0. The molecule has 0 aliphatic rings. The van der Waals surface area contributed by atoms with Crippen LogP contribution in [0.1, 0.15) is 5.56 Å². The molecular weight excluding hydrogens is 407 g/mol. The number of para-hydroxylation sites is 1. The molecule has 2 aromatic carbocycles. The van der Waals surface area contributed by atoms with Gasteiger partial charge in [0, 0.05) is 5.56 Å². The van der Waals surface area contributed by atoms with Crippen LogP contribution in [0.25, 0.3) is 11.3 Å². The Kier molecular flexibility index (Phi) is 7.13. The summed E-state index contributed by atoms with van der Waals surface area (Å²) in [5.74, 6) is -0.236. The maximum absolute atomic E-state index is 12.1. The van der Waals surface area contributed by atoms with Gasteiger partial charge in [-0.05, 0) is 16.8 Å². The summed E-state index contributed by atoms with van der Waals surface area (Å²) in [6, 6.07) is 15.9. The Balaban J connectivity index is 0.00000280. The van der Waals surface area contributed by atoms with Gasteiger partial charge >= 0.3 is 7.82 Å². The first-order valence-corrected chi connectivity index (χ1v) is 9.27. The topological polar surface area (TPSA) is 148 Å². The van der Waals surface area contributed by atoms with Gasteiger partial charge in [0.15, 0.2) is 5.96 Å². The van der Waals surface area contributed by atoms with E-state index in [0.717, 1.165) is 10.4 Å². The Labute approximate surface area is 166 Å². The van der Waals surface area contributed by atoms with E-state index in [1.807, 2.05) is 6.07 Å². The number of nitrogens with one attached hydrogen (secondary N) is 2. The zero-order valence-electron chi connectivity index (χ0n) is 14.4. The van der Waals surface area contributed by atoms with Gasteiger partial charge in [-0.3, -0.25) is 19.5 Å². The molecule has 0 saturated heterocycles. The van der Waals surface area contributed by atoms with Crippen LogP contribution in [-0.2, 0) is 15.7 Å². The molecule has 0 fully saturated rings. The first-order valence-electron chi connectivity index (χ1n) is 7.77. The quantitative estimate of drug-likeness (QED) is 0.256. The second-order valence-corrected chi connectivity index (χ2v) is 6.76. The highest BCUT2D eigenvalue weighted by Gasteiger charge is 2.25. The van der Waals surface area contributed by atoms with Crippen molar-refractivity contribution in [1.29, 1.82) is 5.41 Å². The van der Waals surface area contributed by atoms with Gasteiger partial charge in [-0.15, -0.1) is 17.5 Å². The van der Waals surface area contributed by atoms with E-state index in [2.05, 4.69) is 15.6 Å². The molecular formula is C16H18ClN6O4P. The van der Waals surface area contributed by atoms with E-state index in [-0.39, 0.29) is 25.0 Å². The molecule has 0 saturated carbocycles. The second-order valence-electron chi connectivity index (χ2n) is 5.40. The van der Waals surface area contributed by atoms with Crippen molar-refractivity contribution in [3.63, 3.8) is 0 Å². The minimum atomic E-state index is -4.40. The normalized spacial score (nSPS) is 12.5. The van der Waals surface area contributed by atoms with E-state index in [0.29, 0.717) is 16.9 Å². The lowest BCUT2D eigenvalue weighted by Gasteiger charge is -2.11. The van der Waals surface area contributed by atoms with Gasteiger partial charge in [-0.25, -0.2) is 4.57 Å². The van der Waals surface area contributed by atoms with Crippen LogP contribution >= 0.6 is 20.2 Å². The van der Waals surface area contributed by atoms with Crippen molar-refractivity contribution >= 4 is 31.9 Å². The van der Waals surface area contributed by atoms with E-state index < -0.39 is 7.82 Å². The molecule has 0 aliphatic heterocycles. The number of hydrogen-bond donors (Lipinski definition) is 4. The number of halogens is 1. The molecule has 3 aromatic rings. The Bertz CT molecular complexity index is 984. The highest BCUT2D eigenvalue weighted by molar-refractivity contribution is 7.47. The number of phosphoric acid groups is 1. The predicted octanol–water partition coefficient (Wildman–Crippen LogP) is 2.42. The number of anilines is 1. The van der Waals surface area contributed by atoms with Crippen LogP contribution in [0.5, 0.6) is 0 Å². The number of hydrogen-bond acceptors (Lipinski definition) is 6. The van der Waals surface area contributed by atoms with Crippen molar-refractivity contribution in [1.82, 2.24) is 15.2 Å². The molecule has 0 aliphatic carbocycles. The third kappa shape index (κ3) is 5.80. The summed E-state index contributed by atoms with van der Waals surface area (Å²) < 4.78 is 21.9. The molecule has 1 heterocycles. The van der Waals surface area contributed by atoms with Gasteiger partial charge in [0.1, 0.15) is 5.69 Å². The smallest absolute Gasteiger partial charge is 0.370 e. The average molecular weight is 425 g/mol. The third-order valence-electron chi connectivity index (χ3n) is 3.37. The average Bonchev–Trinajstić information content (AvgIpc) is 3.08. The Morgan fingerprint density at radius 3 is 2.61 bits per heavy atom. The highest BCUT2D eigenvalue weighted by atomic mass is 35.5. The van der Waals surface area contributed by atoms with Crippen molar-refractivity contribution in [3.8, 4) is 11.3 Å². The van der Waals surface area contributed by atoms with Crippen LogP contribution in [-0.4, -0.2) is 26.0 Å². The zero-order chi connectivity index (χ0) is 19.3. The number of rotatable bonds is 7. The molecule has 1 unspecified atom stereocenters. The van der Waals surface area contributed by atoms with Gasteiger partial charge in [0.25, 0.3) is 0 Å². The molecule has 12 heteroatoms.